The van der Waals surface area contributed by atoms with E-state index in [1.807, 2.05) is 12.1 Å². The lowest BCUT2D eigenvalue weighted by atomic mass is 9.99. The van der Waals surface area contributed by atoms with E-state index in [-0.39, 0.29) is 24.1 Å². The summed E-state index contributed by atoms with van der Waals surface area (Å²) in [6.07, 6.45) is 2.03. The second-order valence-electron chi connectivity index (χ2n) is 9.70. The van der Waals surface area contributed by atoms with Crippen LogP contribution in [-0.2, 0) is 37.4 Å². The molecule has 0 aliphatic carbocycles. The summed E-state index contributed by atoms with van der Waals surface area (Å²) in [5.74, 6) is 0.414. The lowest BCUT2D eigenvalue weighted by molar-refractivity contribution is -0.0592. The van der Waals surface area contributed by atoms with Gasteiger partial charge < -0.3 is 19.1 Å². The van der Waals surface area contributed by atoms with E-state index in [0.29, 0.717) is 18.7 Å². The summed E-state index contributed by atoms with van der Waals surface area (Å²) in [5, 5.41) is 9.48. The lowest BCUT2D eigenvalue weighted by Crippen LogP contribution is -2.34. The number of aromatic carboxylic acids is 1. The van der Waals surface area contributed by atoms with Gasteiger partial charge in [-0.15, -0.1) is 0 Å². The first kappa shape index (κ1) is 23.6. The fraction of sp³-hybridized carbons (Fsp3) is 0.310. The molecule has 7 nitrogen and oxygen atoms in total. The molecule has 0 saturated carbocycles. The van der Waals surface area contributed by atoms with Crippen molar-refractivity contribution in [2.45, 2.75) is 45.2 Å². The third kappa shape index (κ3) is 4.95. The Labute approximate surface area is 214 Å². The third-order valence-corrected chi connectivity index (χ3v) is 7.24. The van der Waals surface area contributed by atoms with Gasteiger partial charge in [-0.3, -0.25) is 4.90 Å². The van der Waals surface area contributed by atoms with Gasteiger partial charge in [-0.1, -0.05) is 24.3 Å². The highest BCUT2D eigenvalue weighted by atomic mass is 19.1. The molecule has 0 bridgehead atoms. The van der Waals surface area contributed by atoms with Crippen molar-refractivity contribution in [2.75, 3.05) is 13.2 Å². The quantitative estimate of drug-likeness (QED) is 0.374. The molecule has 6 rings (SSSR count). The first-order valence-electron chi connectivity index (χ1n) is 12.6. The van der Waals surface area contributed by atoms with Gasteiger partial charge in [0.25, 0.3) is 0 Å². The standard InChI is InChI=1S/C29H28FN3O4/c30-25-4-2-1-3-21(25)18-37-23-7-5-19-9-11-32(15-22(19)13-23)17-28-31-26-8-6-20(29(34)35)14-27(26)33(28)16-24-10-12-36-24/h1-8,13-14,24H,9-12,15-18H2,(H,34,35)/t24-/m0/s1. The molecular formula is C29H28FN3O4. The van der Waals surface area contributed by atoms with E-state index in [2.05, 4.69) is 15.5 Å². The van der Waals surface area contributed by atoms with Crippen molar-refractivity contribution < 1.29 is 23.8 Å². The van der Waals surface area contributed by atoms with Crippen LogP contribution in [-0.4, -0.2) is 44.8 Å². The van der Waals surface area contributed by atoms with E-state index in [1.165, 1.54) is 17.2 Å². The number of carboxylic acid groups (broad SMARTS) is 1. The number of benzene rings is 3. The molecule has 1 N–H and O–H groups in total. The second-order valence-corrected chi connectivity index (χ2v) is 9.70. The molecule has 0 amide bonds. The van der Waals surface area contributed by atoms with Gasteiger partial charge in [0.15, 0.2) is 0 Å². The van der Waals surface area contributed by atoms with Crippen molar-refractivity contribution in [3.05, 3.63) is 94.6 Å². The number of nitrogens with zero attached hydrogens (tertiary/aromatic N) is 3. The Kier molecular flexibility index (Phi) is 6.36. The van der Waals surface area contributed by atoms with Crippen LogP contribution >= 0.6 is 0 Å². The highest BCUT2D eigenvalue weighted by Crippen LogP contribution is 2.28. The number of fused-ring (bicyclic) bond motifs is 2. The zero-order valence-electron chi connectivity index (χ0n) is 20.4. The fourth-order valence-electron chi connectivity index (χ4n) is 5.06. The summed E-state index contributed by atoms with van der Waals surface area (Å²) in [7, 11) is 0. The van der Waals surface area contributed by atoms with E-state index in [9.17, 15) is 14.3 Å². The molecule has 1 fully saturated rings. The number of hydrogen-bond acceptors (Lipinski definition) is 5. The summed E-state index contributed by atoms with van der Waals surface area (Å²) in [5.41, 5.74) is 4.88. The monoisotopic (exact) mass is 501 g/mol. The minimum Gasteiger partial charge on any atom is -0.489 e. The SMILES string of the molecule is O=C(O)c1ccc2nc(CN3CCc4ccc(OCc5ccccc5F)cc4C3)n(C[C@@H]3CCO3)c2c1. The maximum atomic E-state index is 14.0. The molecule has 0 unspecified atom stereocenters. The highest BCUT2D eigenvalue weighted by Gasteiger charge is 2.24. The second kappa shape index (κ2) is 9.95. The highest BCUT2D eigenvalue weighted by molar-refractivity contribution is 5.92. The summed E-state index contributed by atoms with van der Waals surface area (Å²) in [4.78, 5) is 18.8. The minimum atomic E-state index is -0.947. The van der Waals surface area contributed by atoms with Gasteiger partial charge in [0.1, 0.15) is 24.0 Å². The van der Waals surface area contributed by atoms with Gasteiger partial charge in [0.2, 0.25) is 0 Å². The van der Waals surface area contributed by atoms with Crippen molar-refractivity contribution in [2.24, 2.45) is 0 Å². The molecule has 8 heteroatoms. The van der Waals surface area contributed by atoms with Gasteiger partial charge >= 0.3 is 5.97 Å². The van der Waals surface area contributed by atoms with Crippen LogP contribution < -0.4 is 4.74 Å². The maximum Gasteiger partial charge on any atom is 0.335 e. The maximum absolute atomic E-state index is 14.0. The molecule has 3 aromatic carbocycles. The van der Waals surface area contributed by atoms with Gasteiger partial charge in [-0.25, -0.2) is 14.2 Å². The predicted molar refractivity (Wildman–Crippen MR) is 136 cm³/mol. The van der Waals surface area contributed by atoms with E-state index >= 15 is 0 Å². The predicted octanol–water partition coefficient (Wildman–Crippen LogP) is 4.80. The number of ether oxygens (including phenoxy) is 2. The Morgan fingerprint density at radius 1 is 1.14 bits per heavy atom. The Morgan fingerprint density at radius 2 is 2.00 bits per heavy atom. The molecule has 2 aliphatic heterocycles. The van der Waals surface area contributed by atoms with Crippen LogP contribution in [0.2, 0.25) is 0 Å². The molecule has 1 atom stereocenters. The first-order chi connectivity index (χ1) is 18.0. The summed E-state index contributed by atoms with van der Waals surface area (Å²) in [6.45, 7) is 3.89. The van der Waals surface area contributed by atoms with Crippen LogP contribution in [0.15, 0.2) is 60.7 Å². The van der Waals surface area contributed by atoms with E-state index in [0.717, 1.165) is 55.1 Å². The number of carboxylic acids is 1. The normalized spacial score (nSPS) is 17.4. The lowest BCUT2D eigenvalue weighted by Gasteiger charge is -2.30. The molecule has 2 aliphatic rings. The van der Waals surface area contributed by atoms with Crippen LogP contribution in [0.1, 0.15) is 39.3 Å². The van der Waals surface area contributed by atoms with Crippen LogP contribution in [0.3, 0.4) is 0 Å². The third-order valence-electron chi connectivity index (χ3n) is 7.24. The Morgan fingerprint density at radius 3 is 2.78 bits per heavy atom. The number of carbonyl (C=O) groups is 1. The number of rotatable bonds is 8. The van der Waals surface area contributed by atoms with Crippen LogP contribution in [0.4, 0.5) is 4.39 Å². The fourth-order valence-corrected chi connectivity index (χ4v) is 5.06. The molecular weight excluding hydrogens is 473 g/mol. The average molecular weight is 502 g/mol. The van der Waals surface area contributed by atoms with Crippen LogP contribution in [0.25, 0.3) is 11.0 Å². The Bertz CT molecular complexity index is 1460. The van der Waals surface area contributed by atoms with Gasteiger partial charge in [0.05, 0.1) is 35.8 Å². The van der Waals surface area contributed by atoms with Crippen molar-refractivity contribution in [1.29, 1.82) is 0 Å². The topological polar surface area (TPSA) is 76.8 Å². The molecule has 1 saturated heterocycles. The molecule has 0 spiro atoms. The minimum absolute atomic E-state index is 0.126. The number of hydrogen-bond donors (Lipinski definition) is 1. The number of imidazole rings is 1. The number of aromatic nitrogens is 2. The Hall–Kier alpha value is -3.75. The summed E-state index contributed by atoms with van der Waals surface area (Å²) in [6, 6.07) is 17.8. The van der Waals surface area contributed by atoms with Crippen LogP contribution in [0.5, 0.6) is 5.75 Å². The van der Waals surface area contributed by atoms with Crippen molar-refractivity contribution in [3.8, 4) is 5.75 Å². The van der Waals surface area contributed by atoms with Gasteiger partial charge in [-0.05, 0) is 60.4 Å². The zero-order chi connectivity index (χ0) is 25.4. The summed E-state index contributed by atoms with van der Waals surface area (Å²) >= 11 is 0. The number of halogens is 1. The van der Waals surface area contributed by atoms with Gasteiger partial charge in [0, 0.05) is 25.3 Å². The largest absolute Gasteiger partial charge is 0.489 e. The van der Waals surface area contributed by atoms with Crippen LogP contribution in [0, 0.1) is 5.82 Å². The van der Waals surface area contributed by atoms with Crippen molar-refractivity contribution in [3.63, 3.8) is 0 Å². The van der Waals surface area contributed by atoms with Gasteiger partial charge in [-0.2, -0.15) is 0 Å². The molecule has 1 aromatic heterocycles. The molecule has 0 radical (unpaired) electrons. The van der Waals surface area contributed by atoms with Crippen molar-refractivity contribution >= 4 is 17.0 Å². The molecule has 37 heavy (non-hydrogen) atoms. The summed E-state index contributed by atoms with van der Waals surface area (Å²) < 4.78 is 27.7. The smallest absolute Gasteiger partial charge is 0.335 e. The van der Waals surface area contributed by atoms with Crippen molar-refractivity contribution in [1.82, 2.24) is 14.5 Å². The van der Waals surface area contributed by atoms with E-state index in [1.54, 1.807) is 36.4 Å². The molecule has 3 heterocycles. The first-order valence-corrected chi connectivity index (χ1v) is 12.6. The molecule has 190 valence electrons. The van der Waals surface area contributed by atoms with E-state index < -0.39 is 5.97 Å². The average Bonchev–Trinajstić information content (AvgIpc) is 3.21. The zero-order valence-corrected chi connectivity index (χ0v) is 20.4. The molecule has 4 aromatic rings. The Balaban J connectivity index is 1.21. The van der Waals surface area contributed by atoms with E-state index in [4.69, 9.17) is 14.5 Å².